The summed E-state index contributed by atoms with van der Waals surface area (Å²) in [6, 6.07) is 13.6. The van der Waals surface area contributed by atoms with Crippen LogP contribution in [0.1, 0.15) is 18.1 Å². The van der Waals surface area contributed by atoms with E-state index in [1.807, 2.05) is 55.3 Å². The maximum atomic E-state index is 13.0. The summed E-state index contributed by atoms with van der Waals surface area (Å²) in [6.07, 6.45) is 0.926. The van der Waals surface area contributed by atoms with Gasteiger partial charge in [0.1, 0.15) is 12.3 Å². The zero-order chi connectivity index (χ0) is 18.0. The number of ether oxygens (including phenoxy) is 1. The summed E-state index contributed by atoms with van der Waals surface area (Å²) in [5.41, 5.74) is 3.30. The van der Waals surface area contributed by atoms with Crippen LogP contribution in [-0.4, -0.2) is 32.7 Å². The molecule has 1 unspecified atom stereocenters. The van der Waals surface area contributed by atoms with Crippen molar-refractivity contribution < 1.29 is 14.4 Å². The number of fused-ring (bicyclic) bond motifs is 1. The number of halogens is 1. The molecule has 3 rings (SSSR count). The predicted molar refractivity (Wildman–Crippen MR) is 101 cm³/mol. The van der Waals surface area contributed by atoms with Crippen molar-refractivity contribution in [2.24, 2.45) is 0 Å². The van der Waals surface area contributed by atoms with Crippen LogP contribution in [-0.2, 0) is 17.8 Å². The third-order valence-corrected chi connectivity index (χ3v) is 5.21. The number of nitrogens with zero attached hydrogens (tertiary/aromatic N) is 1. The second-order valence-corrected chi connectivity index (χ2v) is 7.01. The molecular weight excluding hydrogens is 336 g/mol. The molecule has 0 saturated heterocycles. The highest BCUT2D eigenvalue weighted by atomic mass is 35.5. The molecule has 0 radical (unpaired) electrons. The van der Waals surface area contributed by atoms with Crippen molar-refractivity contribution in [2.75, 3.05) is 25.6 Å². The number of amides is 1. The minimum Gasteiger partial charge on any atom is -0.496 e. The summed E-state index contributed by atoms with van der Waals surface area (Å²) in [5.74, 6) is 0.957. The Morgan fingerprint density at radius 1 is 1.32 bits per heavy atom. The molecular formula is C20H24ClN2O2+. The highest BCUT2D eigenvalue weighted by Gasteiger charge is 2.32. The standard InChI is InChI=1S/C20H23ClN2O2/c1-14(20(24)23-11-10-15-6-4-5-7-18(15)23)22(2)13-16-12-17(21)8-9-19(16)25-3/h4-9,12,14H,10-11,13H2,1-3H3/p+1/t14-/m0/s1. The zero-order valence-corrected chi connectivity index (χ0v) is 15.6. The maximum Gasteiger partial charge on any atom is 0.284 e. The first-order valence-corrected chi connectivity index (χ1v) is 8.93. The molecule has 1 amide bonds. The van der Waals surface area contributed by atoms with Gasteiger partial charge in [-0.2, -0.15) is 0 Å². The van der Waals surface area contributed by atoms with Crippen LogP contribution in [0.15, 0.2) is 42.5 Å². The topological polar surface area (TPSA) is 34.0 Å². The van der Waals surface area contributed by atoms with Crippen molar-refractivity contribution in [3.05, 3.63) is 58.6 Å². The number of anilines is 1. The van der Waals surface area contributed by atoms with Crippen molar-refractivity contribution in [1.29, 1.82) is 0 Å². The van der Waals surface area contributed by atoms with Crippen molar-refractivity contribution in [1.82, 2.24) is 0 Å². The summed E-state index contributed by atoms with van der Waals surface area (Å²) in [5, 5.41) is 0.677. The van der Waals surface area contributed by atoms with E-state index in [1.54, 1.807) is 7.11 Å². The number of benzene rings is 2. The smallest absolute Gasteiger partial charge is 0.284 e. The van der Waals surface area contributed by atoms with Crippen LogP contribution in [0.2, 0.25) is 5.02 Å². The van der Waals surface area contributed by atoms with Crippen LogP contribution in [0.25, 0.3) is 0 Å². The number of quaternary nitrogens is 1. The number of rotatable bonds is 5. The molecule has 1 heterocycles. The molecule has 2 aromatic rings. The van der Waals surface area contributed by atoms with Crippen LogP contribution >= 0.6 is 11.6 Å². The quantitative estimate of drug-likeness (QED) is 0.889. The van der Waals surface area contributed by atoms with Gasteiger partial charge in [0.2, 0.25) is 0 Å². The predicted octanol–water partition coefficient (Wildman–Crippen LogP) is 2.34. The molecule has 2 atom stereocenters. The number of methoxy groups -OCH3 is 1. The third kappa shape index (κ3) is 3.65. The summed E-state index contributed by atoms with van der Waals surface area (Å²) in [7, 11) is 3.68. The van der Waals surface area contributed by atoms with Gasteiger partial charge in [-0.1, -0.05) is 29.8 Å². The number of carbonyl (C=O) groups is 1. The van der Waals surface area contributed by atoms with Crippen molar-refractivity contribution in [3.8, 4) is 5.75 Å². The van der Waals surface area contributed by atoms with E-state index >= 15 is 0 Å². The fourth-order valence-corrected chi connectivity index (χ4v) is 3.55. The number of nitrogens with one attached hydrogen (secondary N) is 1. The zero-order valence-electron chi connectivity index (χ0n) is 14.9. The van der Waals surface area contributed by atoms with E-state index in [9.17, 15) is 4.79 Å². The summed E-state index contributed by atoms with van der Waals surface area (Å²) in [4.78, 5) is 16.0. The lowest BCUT2D eigenvalue weighted by Gasteiger charge is -2.26. The van der Waals surface area contributed by atoms with E-state index < -0.39 is 0 Å². The Bertz CT molecular complexity index is 778. The fraction of sp³-hybridized carbons (Fsp3) is 0.350. The van der Waals surface area contributed by atoms with Gasteiger partial charge in [0.15, 0.2) is 6.04 Å². The van der Waals surface area contributed by atoms with Crippen LogP contribution in [0.5, 0.6) is 5.75 Å². The first kappa shape index (κ1) is 17.8. The number of para-hydroxylation sites is 1. The fourth-order valence-electron chi connectivity index (χ4n) is 3.35. The van der Waals surface area contributed by atoms with Gasteiger partial charge in [0, 0.05) is 22.8 Å². The number of likely N-dealkylation sites (N-methyl/N-ethyl adjacent to an activating group) is 1. The Hall–Kier alpha value is -2.04. The van der Waals surface area contributed by atoms with E-state index in [1.165, 1.54) is 5.56 Å². The summed E-state index contributed by atoms with van der Waals surface area (Å²) in [6.45, 7) is 3.41. The van der Waals surface area contributed by atoms with E-state index in [0.29, 0.717) is 11.6 Å². The molecule has 0 fully saturated rings. The number of hydrogen-bond acceptors (Lipinski definition) is 2. The van der Waals surface area contributed by atoms with Gasteiger partial charge in [-0.15, -0.1) is 0 Å². The average molecular weight is 360 g/mol. The SMILES string of the molecule is COc1ccc(Cl)cc1C[NH+](C)[C@@H](C)C(=O)N1CCc2ccccc21. The van der Waals surface area contributed by atoms with Gasteiger partial charge in [-0.25, -0.2) is 0 Å². The molecule has 0 saturated carbocycles. The molecule has 0 bridgehead atoms. The lowest BCUT2D eigenvalue weighted by atomic mass is 10.1. The van der Waals surface area contributed by atoms with Gasteiger partial charge >= 0.3 is 0 Å². The first-order valence-electron chi connectivity index (χ1n) is 8.55. The summed E-state index contributed by atoms with van der Waals surface area (Å²) < 4.78 is 5.42. The molecule has 4 nitrogen and oxygen atoms in total. The largest absolute Gasteiger partial charge is 0.496 e. The Morgan fingerprint density at radius 3 is 2.84 bits per heavy atom. The highest BCUT2D eigenvalue weighted by Crippen LogP contribution is 2.27. The van der Waals surface area contributed by atoms with Crippen LogP contribution in [0.4, 0.5) is 5.69 Å². The van der Waals surface area contributed by atoms with Crippen LogP contribution in [0, 0.1) is 0 Å². The van der Waals surface area contributed by atoms with Crippen molar-refractivity contribution in [3.63, 3.8) is 0 Å². The van der Waals surface area contributed by atoms with Gasteiger partial charge in [-0.3, -0.25) is 4.79 Å². The van der Waals surface area contributed by atoms with Crippen LogP contribution in [0.3, 0.4) is 0 Å². The Morgan fingerprint density at radius 2 is 2.08 bits per heavy atom. The minimum atomic E-state index is -0.158. The Kier molecular flexibility index (Phi) is 5.30. The molecule has 2 aromatic carbocycles. The number of hydrogen-bond donors (Lipinski definition) is 1. The van der Waals surface area contributed by atoms with Gasteiger partial charge in [0.25, 0.3) is 5.91 Å². The van der Waals surface area contributed by atoms with Crippen LogP contribution < -0.4 is 14.5 Å². The lowest BCUT2D eigenvalue weighted by molar-refractivity contribution is -0.908. The molecule has 0 aromatic heterocycles. The molecule has 1 N–H and O–H groups in total. The second-order valence-electron chi connectivity index (χ2n) is 6.57. The van der Waals surface area contributed by atoms with E-state index in [-0.39, 0.29) is 11.9 Å². The normalized spacial score (nSPS) is 15.6. The van der Waals surface area contributed by atoms with Crippen molar-refractivity contribution in [2.45, 2.75) is 25.9 Å². The molecule has 25 heavy (non-hydrogen) atoms. The molecule has 132 valence electrons. The van der Waals surface area contributed by atoms with E-state index in [4.69, 9.17) is 16.3 Å². The maximum absolute atomic E-state index is 13.0. The molecule has 1 aliphatic heterocycles. The molecule has 1 aliphatic rings. The monoisotopic (exact) mass is 359 g/mol. The van der Waals surface area contributed by atoms with Gasteiger partial charge in [0.05, 0.1) is 14.2 Å². The summed E-state index contributed by atoms with van der Waals surface area (Å²) >= 11 is 6.12. The average Bonchev–Trinajstić information content (AvgIpc) is 3.04. The van der Waals surface area contributed by atoms with Gasteiger partial charge < -0.3 is 14.5 Å². The molecule has 0 aliphatic carbocycles. The van der Waals surface area contributed by atoms with E-state index in [0.717, 1.165) is 34.9 Å². The van der Waals surface area contributed by atoms with Gasteiger partial charge in [-0.05, 0) is 43.2 Å². The Balaban J connectivity index is 1.74. The molecule has 0 spiro atoms. The highest BCUT2D eigenvalue weighted by molar-refractivity contribution is 6.30. The van der Waals surface area contributed by atoms with E-state index in [2.05, 4.69) is 6.07 Å². The van der Waals surface area contributed by atoms with Crippen molar-refractivity contribution >= 4 is 23.2 Å². The third-order valence-electron chi connectivity index (χ3n) is 4.97. The molecule has 5 heteroatoms. The second kappa shape index (κ2) is 7.46. The first-order chi connectivity index (χ1) is 12.0. The number of carbonyl (C=O) groups excluding carboxylic acids is 1. The minimum absolute atomic E-state index is 0.156. The lowest BCUT2D eigenvalue weighted by Crippen LogP contribution is -3.12. The Labute approximate surface area is 154 Å².